The zero-order valence-electron chi connectivity index (χ0n) is 13.6. The Bertz CT molecular complexity index is 538. The van der Waals surface area contributed by atoms with E-state index in [0.29, 0.717) is 25.7 Å². The number of nitrogens with one attached hydrogen (secondary N) is 1. The van der Waals surface area contributed by atoms with Crippen LogP contribution in [0.1, 0.15) is 51.9 Å². The van der Waals surface area contributed by atoms with Crippen LogP contribution in [0.25, 0.3) is 0 Å². The summed E-state index contributed by atoms with van der Waals surface area (Å²) in [5.74, 6) is -4.45. The molecule has 1 saturated carbocycles. The molecule has 1 atom stereocenters. The maximum absolute atomic E-state index is 12.6. The number of rotatable bonds is 6. The molecular formula is C14H21F6NO3S. The van der Waals surface area contributed by atoms with E-state index in [1.165, 1.54) is 0 Å². The second-order valence-corrected chi connectivity index (χ2v) is 8.67. The monoisotopic (exact) mass is 397 g/mol. The molecule has 148 valence electrons. The van der Waals surface area contributed by atoms with E-state index in [2.05, 4.69) is 0 Å². The highest BCUT2D eigenvalue weighted by atomic mass is 32.2. The molecule has 0 aliphatic heterocycles. The molecule has 11 heteroatoms. The number of alkyl halides is 6. The number of halogens is 6. The van der Waals surface area contributed by atoms with Gasteiger partial charge in [0.2, 0.25) is 5.91 Å². The zero-order chi connectivity index (χ0) is 19.5. The first kappa shape index (κ1) is 22.0. The molecule has 1 unspecified atom stereocenters. The molecule has 1 amide bonds. The Morgan fingerprint density at radius 3 is 1.88 bits per heavy atom. The number of carbonyl (C=O) groups is 1. The molecule has 1 fully saturated rings. The Labute approximate surface area is 142 Å². The van der Waals surface area contributed by atoms with Gasteiger partial charge < -0.3 is 5.32 Å². The second kappa shape index (κ2) is 8.13. The van der Waals surface area contributed by atoms with Crippen molar-refractivity contribution in [2.45, 2.75) is 74.8 Å². The molecule has 0 radical (unpaired) electrons. The average Bonchev–Trinajstić information content (AvgIpc) is 2.44. The van der Waals surface area contributed by atoms with Gasteiger partial charge in [0, 0.05) is 6.92 Å². The Morgan fingerprint density at radius 1 is 1.00 bits per heavy atom. The highest BCUT2D eigenvalue weighted by Gasteiger charge is 2.56. The molecule has 1 rings (SSSR count). The Balaban J connectivity index is 2.97. The van der Waals surface area contributed by atoms with Gasteiger partial charge in [0.1, 0.15) is 5.37 Å². The Hall–Kier alpha value is -1.00. The van der Waals surface area contributed by atoms with Gasteiger partial charge >= 0.3 is 12.4 Å². The molecular weight excluding hydrogens is 376 g/mol. The molecule has 0 aromatic carbocycles. The van der Waals surface area contributed by atoms with Crippen LogP contribution in [0.5, 0.6) is 0 Å². The summed E-state index contributed by atoms with van der Waals surface area (Å²) in [6.45, 7) is 0.967. The molecule has 0 spiro atoms. The van der Waals surface area contributed by atoms with E-state index >= 15 is 0 Å². The highest BCUT2D eigenvalue weighted by molar-refractivity contribution is 7.92. The van der Waals surface area contributed by atoms with Crippen molar-refractivity contribution in [1.29, 1.82) is 0 Å². The van der Waals surface area contributed by atoms with E-state index < -0.39 is 57.5 Å². The first-order valence-corrected chi connectivity index (χ1v) is 9.50. The lowest BCUT2D eigenvalue weighted by Crippen LogP contribution is -2.46. The summed E-state index contributed by atoms with van der Waals surface area (Å²) >= 11 is 0. The Kier molecular flexibility index (Phi) is 7.17. The normalized spacial score (nSPS) is 19.0. The highest BCUT2D eigenvalue weighted by Crippen LogP contribution is 2.42. The number of sulfone groups is 1. The smallest absolute Gasteiger partial charge is 0.340 e. The van der Waals surface area contributed by atoms with Crippen LogP contribution in [0.15, 0.2) is 0 Å². The van der Waals surface area contributed by atoms with Gasteiger partial charge in [-0.1, -0.05) is 19.3 Å². The van der Waals surface area contributed by atoms with Crippen molar-refractivity contribution in [2.75, 3.05) is 0 Å². The van der Waals surface area contributed by atoms with Gasteiger partial charge in [0.15, 0.2) is 15.8 Å². The van der Waals surface area contributed by atoms with Gasteiger partial charge in [0.25, 0.3) is 0 Å². The molecule has 0 bridgehead atoms. The predicted molar refractivity (Wildman–Crippen MR) is 78.2 cm³/mol. The second-order valence-electron chi connectivity index (χ2n) is 6.25. The van der Waals surface area contributed by atoms with Crippen molar-refractivity contribution in [2.24, 2.45) is 5.92 Å². The van der Waals surface area contributed by atoms with Crippen LogP contribution in [-0.2, 0) is 14.6 Å². The summed E-state index contributed by atoms with van der Waals surface area (Å²) < 4.78 is 101. The molecule has 1 aliphatic carbocycles. The van der Waals surface area contributed by atoms with E-state index in [9.17, 15) is 39.6 Å². The van der Waals surface area contributed by atoms with E-state index in [-0.39, 0.29) is 0 Å². The van der Waals surface area contributed by atoms with E-state index in [0.717, 1.165) is 13.3 Å². The summed E-state index contributed by atoms with van der Waals surface area (Å²) in [6, 6.07) is 0. The van der Waals surface area contributed by atoms with E-state index in [1.807, 2.05) is 5.32 Å². The standard InChI is InChI=1S/C14H21F6NO3S/c1-9(22)21-12(25(23,24)10-5-3-2-4-6-10)8-7-11(13(15,16)17)14(18,19)20/h10-12H,2-8H2,1H3,(H,21,22). The fourth-order valence-corrected chi connectivity index (χ4v) is 5.25. The lowest BCUT2D eigenvalue weighted by atomic mass is 10.0. The van der Waals surface area contributed by atoms with Crippen LogP contribution < -0.4 is 5.32 Å². The van der Waals surface area contributed by atoms with Crippen molar-refractivity contribution < 1.29 is 39.6 Å². The maximum atomic E-state index is 12.6. The lowest BCUT2D eigenvalue weighted by Gasteiger charge is -2.29. The number of carbonyl (C=O) groups excluding carboxylic acids is 1. The third-order valence-corrected chi connectivity index (χ3v) is 6.83. The van der Waals surface area contributed by atoms with Crippen LogP contribution in [0.2, 0.25) is 0 Å². The molecule has 0 aromatic rings. The van der Waals surface area contributed by atoms with Gasteiger partial charge in [0.05, 0.1) is 5.25 Å². The van der Waals surface area contributed by atoms with Crippen LogP contribution in [0.3, 0.4) is 0 Å². The van der Waals surface area contributed by atoms with Gasteiger partial charge in [-0.25, -0.2) is 8.42 Å². The first-order valence-electron chi connectivity index (χ1n) is 7.89. The van der Waals surface area contributed by atoms with Crippen LogP contribution in [-0.4, -0.2) is 37.3 Å². The number of hydrogen-bond acceptors (Lipinski definition) is 3. The fraction of sp³-hybridized carbons (Fsp3) is 0.929. The molecule has 1 N–H and O–H groups in total. The van der Waals surface area contributed by atoms with Crippen molar-refractivity contribution in [3.05, 3.63) is 0 Å². The lowest BCUT2D eigenvalue weighted by molar-refractivity contribution is -0.285. The quantitative estimate of drug-likeness (QED) is 0.695. The number of amides is 1. The van der Waals surface area contributed by atoms with Gasteiger partial charge in [-0.2, -0.15) is 26.3 Å². The largest absolute Gasteiger partial charge is 0.400 e. The van der Waals surface area contributed by atoms with Gasteiger partial charge in [-0.3, -0.25) is 4.79 Å². The van der Waals surface area contributed by atoms with Crippen LogP contribution in [0.4, 0.5) is 26.3 Å². The summed E-state index contributed by atoms with van der Waals surface area (Å²) in [5.41, 5.74) is 0. The van der Waals surface area contributed by atoms with Crippen LogP contribution >= 0.6 is 0 Å². The summed E-state index contributed by atoms with van der Waals surface area (Å²) in [7, 11) is -4.07. The SMILES string of the molecule is CC(=O)NC(CCC(C(F)(F)F)C(F)(F)F)S(=O)(=O)C1CCCCC1. The topological polar surface area (TPSA) is 63.2 Å². The van der Waals surface area contributed by atoms with Crippen LogP contribution in [0, 0.1) is 5.92 Å². The number of hydrogen-bond donors (Lipinski definition) is 1. The maximum Gasteiger partial charge on any atom is 0.400 e. The van der Waals surface area contributed by atoms with Gasteiger partial charge in [-0.05, 0) is 25.7 Å². The first-order chi connectivity index (χ1) is 11.3. The summed E-state index contributed by atoms with van der Waals surface area (Å²) in [5, 5.41) is -0.589. The third kappa shape index (κ3) is 6.34. The molecule has 0 aromatic heterocycles. The van der Waals surface area contributed by atoms with Crippen molar-refractivity contribution >= 4 is 15.7 Å². The van der Waals surface area contributed by atoms with Crippen molar-refractivity contribution in [3.8, 4) is 0 Å². The van der Waals surface area contributed by atoms with Crippen molar-refractivity contribution in [3.63, 3.8) is 0 Å². The summed E-state index contributed by atoms with van der Waals surface area (Å²) in [4.78, 5) is 11.2. The van der Waals surface area contributed by atoms with E-state index in [1.54, 1.807) is 0 Å². The van der Waals surface area contributed by atoms with E-state index in [4.69, 9.17) is 0 Å². The summed E-state index contributed by atoms with van der Waals surface area (Å²) in [6.07, 6.45) is -10.8. The molecule has 0 saturated heterocycles. The van der Waals surface area contributed by atoms with Gasteiger partial charge in [-0.15, -0.1) is 0 Å². The minimum Gasteiger partial charge on any atom is -0.340 e. The zero-order valence-corrected chi connectivity index (χ0v) is 14.4. The minimum absolute atomic E-state index is 0.292. The molecule has 0 heterocycles. The average molecular weight is 397 g/mol. The predicted octanol–water partition coefficient (Wildman–Crippen LogP) is 3.72. The fourth-order valence-electron chi connectivity index (χ4n) is 3.00. The minimum atomic E-state index is -5.53. The van der Waals surface area contributed by atoms with Crippen molar-refractivity contribution in [1.82, 2.24) is 5.32 Å². The Morgan fingerprint density at radius 2 is 1.48 bits per heavy atom. The molecule has 1 aliphatic rings. The molecule has 25 heavy (non-hydrogen) atoms. The third-order valence-electron chi connectivity index (χ3n) is 4.29. The molecule has 4 nitrogen and oxygen atoms in total.